The van der Waals surface area contributed by atoms with Gasteiger partial charge in [-0.25, -0.2) is 0 Å². The summed E-state index contributed by atoms with van der Waals surface area (Å²) >= 11 is 0. The molecule has 0 unspecified atom stereocenters. The van der Waals surface area contributed by atoms with Crippen molar-refractivity contribution in [2.45, 2.75) is 39.5 Å². The lowest BCUT2D eigenvalue weighted by atomic mass is 10.0. The lowest BCUT2D eigenvalue weighted by Gasteiger charge is -2.14. The van der Waals surface area contributed by atoms with E-state index in [2.05, 4.69) is 37.0 Å². The van der Waals surface area contributed by atoms with Crippen LogP contribution >= 0.6 is 0 Å². The predicted octanol–water partition coefficient (Wildman–Crippen LogP) is 5.07. The Morgan fingerprint density at radius 1 is 1.04 bits per heavy atom. The lowest BCUT2D eigenvalue weighted by molar-refractivity contribution is -0.0699. The van der Waals surface area contributed by atoms with Crippen LogP contribution in [-0.2, 0) is 4.84 Å². The van der Waals surface area contributed by atoms with E-state index in [-0.39, 0.29) is 0 Å². The number of aryl methyl sites for hydroxylation is 2. The molecule has 4 nitrogen and oxygen atoms in total. The van der Waals surface area contributed by atoms with E-state index in [1.807, 2.05) is 36.6 Å². The summed E-state index contributed by atoms with van der Waals surface area (Å²) in [6.45, 7) is 5.89. The number of rotatable bonds is 8. The summed E-state index contributed by atoms with van der Waals surface area (Å²) < 4.78 is 6.08. The number of allylic oxidation sites excluding steroid dienone is 1. The van der Waals surface area contributed by atoms with Gasteiger partial charge < -0.3 is 9.57 Å². The van der Waals surface area contributed by atoms with Crippen molar-refractivity contribution >= 4 is 0 Å². The zero-order valence-electron chi connectivity index (χ0n) is 16.0. The maximum absolute atomic E-state index is 6.08. The molecule has 0 N–H and O–H groups in total. The first kappa shape index (κ1) is 18.5. The van der Waals surface area contributed by atoms with Crippen LogP contribution in [0.25, 0.3) is 11.1 Å². The maximum atomic E-state index is 6.08. The van der Waals surface area contributed by atoms with Crippen molar-refractivity contribution in [1.29, 1.82) is 0 Å². The minimum absolute atomic E-state index is 0.760. The van der Waals surface area contributed by atoms with Gasteiger partial charge >= 0.3 is 0 Å². The van der Waals surface area contributed by atoms with Gasteiger partial charge in [0, 0.05) is 25.9 Å². The number of benzene rings is 1. The maximum Gasteiger partial charge on any atom is 0.125 e. The normalized spacial score (nSPS) is 14.2. The van der Waals surface area contributed by atoms with Crippen LogP contribution in [0.2, 0.25) is 0 Å². The Bertz CT molecular complexity index is 733. The molecule has 0 bridgehead atoms. The number of ether oxygens (including phenoxy) is 1. The molecule has 0 aliphatic carbocycles. The number of unbranched alkanes of at least 4 members (excludes halogenated alkanes) is 2. The van der Waals surface area contributed by atoms with Gasteiger partial charge in [0.15, 0.2) is 0 Å². The summed E-state index contributed by atoms with van der Waals surface area (Å²) in [4.78, 5) is 9.66. The van der Waals surface area contributed by atoms with Crippen molar-refractivity contribution < 1.29 is 9.57 Å². The van der Waals surface area contributed by atoms with Crippen molar-refractivity contribution in [3.63, 3.8) is 0 Å². The van der Waals surface area contributed by atoms with Crippen LogP contribution in [0.1, 0.15) is 36.8 Å². The van der Waals surface area contributed by atoms with E-state index in [1.165, 1.54) is 22.3 Å². The highest BCUT2D eigenvalue weighted by Crippen LogP contribution is 2.30. The predicted molar refractivity (Wildman–Crippen MR) is 105 cm³/mol. The van der Waals surface area contributed by atoms with Crippen molar-refractivity contribution in [2.75, 3.05) is 20.2 Å². The largest absolute Gasteiger partial charge is 0.493 e. The molecule has 0 amide bonds. The molecule has 1 aliphatic heterocycles. The van der Waals surface area contributed by atoms with Gasteiger partial charge in [-0.2, -0.15) is 0 Å². The molecule has 0 saturated carbocycles. The van der Waals surface area contributed by atoms with Gasteiger partial charge in [0.25, 0.3) is 0 Å². The van der Waals surface area contributed by atoms with Gasteiger partial charge in [-0.05, 0) is 85.7 Å². The summed E-state index contributed by atoms with van der Waals surface area (Å²) in [5.74, 6) is 2.12. The molecule has 0 radical (unpaired) electrons. The van der Waals surface area contributed by atoms with Gasteiger partial charge in [-0.15, -0.1) is 5.06 Å². The Labute approximate surface area is 156 Å². The van der Waals surface area contributed by atoms with Gasteiger partial charge in [-0.3, -0.25) is 4.98 Å². The Morgan fingerprint density at radius 2 is 1.77 bits per heavy atom. The second-order valence-corrected chi connectivity index (χ2v) is 6.91. The van der Waals surface area contributed by atoms with Crippen LogP contribution in [0.15, 0.2) is 48.5 Å². The molecule has 0 atom stereocenters. The summed E-state index contributed by atoms with van der Waals surface area (Å²) in [7, 11) is 1.96. The van der Waals surface area contributed by atoms with E-state index in [4.69, 9.17) is 9.57 Å². The number of nitrogens with zero attached hydrogens (tertiary/aromatic N) is 2. The molecule has 1 aliphatic rings. The van der Waals surface area contributed by atoms with E-state index in [0.29, 0.717) is 0 Å². The van der Waals surface area contributed by atoms with Crippen molar-refractivity contribution in [1.82, 2.24) is 10.0 Å². The number of likely N-dealkylation sites (N-methyl/N-ethyl adjacent to an activating group) is 1. The highest BCUT2D eigenvalue weighted by Gasteiger charge is 2.11. The summed E-state index contributed by atoms with van der Waals surface area (Å²) in [5.41, 5.74) is 4.77. The first-order valence-corrected chi connectivity index (χ1v) is 9.36. The standard InChI is InChI=1S/C22H28N2O2/c1-17-15-20(19-8-11-23-12-9-19)16-18(2)22(17)25-14-6-4-5-7-21-10-13-24(3)26-21/h8-12,15-16H,4-7,13-14H2,1-3H3. The van der Waals surface area contributed by atoms with Crippen LogP contribution in [0.5, 0.6) is 5.75 Å². The van der Waals surface area contributed by atoms with Gasteiger partial charge in [0.2, 0.25) is 0 Å². The summed E-state index contributed by atoms with van der Waals surface area (Å²) in [6, 6.07) is 8.46. The second-order valence-electron chi connectivity index (χ2n) is 6.91. The molecular formula is C22H28N2O2. The molecule has 0 saturated heterocycles. The Balaban J connectivity index is 1.46. The van der Waals surface area contributed by atoms with Crippen LogP contribution in [-0.4, -0.2) is 30.2 Å². The van der Waals surface area contributed by atoms with E-state index >= 15 is 0 Å². The lowest BCUT2D eigenvalue weighted by Crippen LogP contribution is -2.11. The highest BCUT2D eigenvalue weighted by atomic mass is 16.7. The molecule has 138 valence electrons. The molecule has 0 spiro atoms. The van der Waals surface area contributed by atoms with Crippen molar-refractivity contribution in [3.8, 4) is 16.9 Å². The van der Waals surface area contributed by atoms with E-state index in [9.17, 15) is 0 Å². The number of pyridine rings is 1. The van der Waals surface area contributed by atoms with Crippen LogP contribution in [0, 0.1) is 13.8 Å². The summed E-state index contributed by atoms with van der Waals surface area (Å²) in [5, 5.41) is 1.86. The SMILES string of the molecule is Cc1cc(-c2ccncc2)cc(C)c1OCCCCCC1=CCN(C)O1. The molecule has 0 fully saturated rings. The summed E-state index contributed by atoms with van der Waals surface area (Å²) in [6.07, 6.45) is 10.2. The number of hydrogen-bond acceptors (Lipinski definition) is 4. The fraction of sp³-hybridized carbons (Fsp3) is 0.409. The number of hydrogen-bond donors (Lipinski definition) is 0. The van der Waals surface area contributed by atoms with E-state index < -0.39 is 0 Å². The molecule has 2 aromatic rings. The molecule has 1 aromatic heterocycles. The molecule has 1 aromatic carbocycles. The Kier molecular flexibility index (Phi) is 6.29. The average molecular weight is 352 g/mol. The first-order chi connectivity index (χ1) is 12.6. The zero-order valence-corrected chi connectivity index (χ0v) is 16.0. The first-order valence-electron chi connectivity index (χ1n) is 9.36. The molecular weight excluding hydrogens is 324 g/mol. The average Bonchev–Trinajstić information content (AvgIpc) is 3.05. The Hall–Kier alpha value is -2.33. The van der Waals surface area contributed by atoms with Crippen molar-refractivity contribution in [3.05, 3.63) is 59.6 Å². The zero-order chi connectivity index (χ0) is 18.4. The van der Waals surface area contributed by atoms with E-state index in [0.717, 1.165) is 50.3 Å². The number of hydroxylamine groups is 2. The third-order valence-electron chi connectivity index (χ3n) is 4.64. The van der Waals surface area contributed by atoms with Crippen molar-refractivity contribution in [2.24, 2.45) is 0 Å². The Morgan fingerprint density at radius 3 is 2.42 bits per heavy atom. The molecule has 3 rings (SSSR count). The molecule has 2 heterocycles. The van der Waals surface area contributed by atoms with Crippen LogP contribution in [0.4, 0.5) is 0 Å². The highest BCUT2D eigenvalue weighted by molar-refractivity contribution is 5.66. The van der Waals surface area contributed by atoms with Crippen LogP contribution < -0.4 is 4.74 Å². The third-order valence-corrected chi connectivity index (χ3v) is 4.64. The second kappa shape index (κ2) is 8.86. The topological polar surface area (TPSA) is 34.6 Å². The molecule has 26 heavy (non-hydrogen) atoms. The van der Waals surface area contributed by atoms with E-state index in [1.54, 1.807) is 0 Å². The van der Waals surface area contributed by atoms with Gasteiger partial charge in [0.1, 0.15) is 11.5 Å². The van der Waals surface area contributed by atoms with Crippen LogP contribution in [0.3, 0.4) is 0 Å². The monoisotopic (exact) mass is 352 g/mol. The quantitative estimate of drug-likeness (QED) is 0.622. The minimum atomic E-state index is 0.760. The molecule has 4 heteroatoms. The number of aromatic nitrogens is 1. The third kappa shape index (κ3) is 4.85. The smallest absolute Gasteiger partial charge is 0.125 e. The van der Waals surface area contributed by atoms with Gasteiger partial charge in [-0.1, -0.05) is 0 Å². The van der Waals surface area contributed by atoms with Gasteiger partial charge in [0.05, 0.1) is 13.2 Å². The fourth-order valence-corrected chi connectivity index (χ4v) is 3.29. The minimum Gasteiger partial charge on any atom is -0.493 e. The fourth-order valence-electron chi connectivity index (χ4n) is 3.29.